The van der Waals surface area contributed by atoms with Crippen LogP contribution in [0.5, 0.6) is 0 Å². The molecular formula is C12H9F2NO4. The zero-order valence-corrected chi connectivity index (χ0v) is 9.81. The second-order valence-electron chi connectivity index (χ2n) is 3.66. The van der Waals surface area contributed by atoms with Crippen LogP contribution in [-0.4, -0.2) is 23.2 Å². The van der Waals surface area contributed by atoms with Crippen LogP contribution in [0.2, 0.25) is 0 Å². The second kappa shape index (κ2) is 5.15. The number of nitrogens with zero attached hydrogens (tertiary/aromatic N) is 1. The molecule has 0 saturated heterocycles. The molecule has 0 atom stereocenters. The summed E-state index contributed by atoms with van der Waals surface area (Å²) < 4.78 is 36.3. The minimum atomic E-state index is -1.36. The highest BCUT2D eigenvalue weighted by Gasteiger charge is 2.22. The van der Waals surface area contributed by atoms with Gasteiger partial charge in [0.25, 0.3) is 0 Å². The van der Waals surface area contributed by atoms with E-state index in [9.17, 15) is 13.6 Å². The Morgan fingerprint density at radius 2 is 2.21 bits per heavy atom. The number of benzene rings is 1. The van der Waals surface area contributed by atoms with E-state index in [0.717, 1.165) is 18.2 Å². The summed E-state index contributed by atoms with van der Waals surface area (Å²) in [6.07, 6.45) is 0. The van der Waals surface area contributed by atoms with Gasteiger partial charge in [0, 0.05) is 7.11 Å². The Bertz CT molecular complexity index is 624. The third-order valence-corrected chi connectivity index (χ3v) is 2.33. The molecule has 0 aliphatic heterocycles. The Kier molecular flexibility index (Phi) is 3.57. The normalized spacial score (nSPS) is 10.7. The van der Waals surface area contributed by atoms with Crippen molar-refractivity contribution in [2.24, 2.45) is 0 Å². The van der Waals surface area contributed by atoms with Crippen molar-refractivity contribution in [1.29, 1.82) is 0 Å². The van der Waals surface area contributed by atoms with E-state index in [1.165, 1.54) is 7.11 Å². The van der Waals surface area contributed by atoms with E-state index in [1.807, 2.05) is 0 Å². The zero-order chi connectivity index (χ0) is 14.0. The lowest BCUT2D eigenvalue weighted by Gasteiger charge is -1.97. The fraction of sp³-hybridized carbons (Fsp3) is 0.167. The van der Waals surface area contributed by atoms with Crippen LogP contribution < -0.4 is 0 Å². The lowest BCUT2D eigenvalue weighted by atomic mass is 10.2. The Hall–Kier alpha value is -2.28. The van der Waals surface area contributed by atoms with Crippen molar-refractivity contribution in [1.82, 2.24) is 4.98 Å². The largest absolute Gasteiger partial charge is 0.475 e. The zero-order valence-electron chi connectivity index (χ0n) is 9.81. The molecule has 2 aromatic rings. The second-order valence-corrected chi connectivity index (χ2v) is 3.66. The number of aromatic nitrogens is 1. The summed E-state index contributed by atoms with van der Waals surface area (Å²) in [5.41, 5.74) is -0.237. The number of carboxylic acids is 1. The Morgan fingerprint density at radius 3 is 2.84 bits per heavy atom. The average Bonchev–Trinajstić information content (AvgIpc) is 2.77. The lowest BCUT2D eigenvalue weighted by molar-refractivity contribution is 0.0656. The van der Waals surface area contributed by atoms with Crippen LogP contribution in [0.25, 0.3) is 11.5 Å². The maximum Gasteiger partial charge on any atom is 0.373 e. The monoisotopic (exact) mass is 269 g/mol. The minimum Gasteiger partial charge on any atom is -0.475 e. The molecule has 0 bridgehead atoms. The van der Waals surface area contributed by atoms with Crippen LogP contribution in [0.15, 0.2) is 22.6 Å². The number of hydrogen-bond acceptors (Lipinski definition) is 4. The molecule has 0 fully saturated rings. The third kappa shape index (κ3) is 2.60. The number of halogens is 2. The Morgan fingerprint density at radius 1 is 1.47 bits per heavy atom. The van der Waals surface area contributed by atoms with Crippen LogP contribution in [-0.2, 0) is 11.3 Å². The molecule has 1 aromatic heterocycles. The quantitative estimate of drug-likeness (QED) is 0.923. The van der Waals surface area contributed by atoms with Gasteiger partial charge in [-0.25, -0.2) is 18.6 Å². The molecular weight excluding hydrogens is 260 g/mol. The number of ether oxygens (including phenoxy) is 1. The highest BCUT2D eigenvalue weighted by Crippen LogP contribution is 2.25. The van der Waals surface area contributed by atoms with Crippen LogP contribution in [0.4, 0.5) is 8.78 Å². The molecule has 1 aromatic carbocycles. The van der Waals surface area contributed by atoms with E-state index in [4.69, 9.17) is 14.3 Å². The highest BCUT2D eigenvalue weighted by molar-refractivity contribution is 5.86. The maximum atomic E-state index is 13.5. The minimum absolute atomic E-state index is 0.00802. The van der Waals surface area contributed by atoms with Gasteiger partial charge in [-0.05, 0) is 18.2 Å². The van der Waals surface area contributed by atoms with Gasteiger partial charge in [-0.1, -0.05) is 0 Å². The molecule has 5 nitrogen and oxygen atoms in total. The topological polar surface area (TPSA) is 72.6 Å². The smallest absolute Gasteiger partial charge is 0.373 e. The summed E-state index contributed by atoms with van der Waals surface area (Å²) in [6, 6.07) is 2.73. The molecule has 1 heterocycles. The van der Waals surface area contributed by atoms with Crippen LogP contribution in [0.1, 0.15) is 16.2 Å². The first-order chi connectivity index (χ1) is 9.02. The standard InChI is InChI=1S/C12H9F2NO4/c1-18-5-9-10(12(16)17)19-11(15-9)7-4-6(13)2-3-8(7)14/h2-4H,5H2,1H3,(H,16,17). The molecule has 19 heavy (non-hydrogen) atoms. The first-order valence-electron chi connectivity index (χ1n) is 5.20. The summed E-state index contributed by atoms with van der Waals surface area (Å²) in [5.74, 6) is -3.56. The van der Waals surface area contributed by atoms with E-state index in [1.54, 1.807) is 0 Å². The SMILES string of the molecule is COCc1nc(-c2cc(F)ccc2F)oc1C(=O)O. The number of carboxylic acid groups (broad SMARTS) is 1. The number of methoxy groups -OCH3 is 1. The fourth-order valence-electron chi connectivity index (χ4n) is 1.53. The van der Waals surface area contributed by atoms with E-state index in [0.29, 0.717) is 0 Å². The third-order valence-electron chi connectivity index (χ3n) is 2.33. The van der Waals surface area contributed by atoms with Gasteiger partial charge >= 0.3 is 5.97 Å². The van der Waals surface area contributed by atoms with Gasteiger partial charge < -0.3 is 14.3 Å². The predicted molar refractivity (Wildman–Crippen MR) is 59.5 cm³/mol. The van der Waals surface area contributed by atoms with Crippen molar-refractivity contribution < 1.29 is 27.8 Å². The number of carbonyl (C=O) groups is 1. The Balaban J connectivity index is 2.53. The molecule has 0 aliphatic rings. The molecule has 0 aliphatic carbocycles. The van der Waals surface area contributed by atoms with Crippen LogP contribution >= 0.6 is 0 Å². The van der Waals surface area contributed by atoms with Crippen molar-refractivity contribution >= 4 is 5.97 Å². The van der Waals surface area contributed by atoms with Gasteiger partial charge in [0.05, 0.1) is 12.2 Å². The maximum absolute atomic E-state index is 13.5. The van der Waals surface area contributed by atoms with Gasteiger partial charge in [0.1, 0.15) is 17.3 Å². The van der Waals surface area contributed by atoms with Crippen molar-refractivity contribution in [2.75, 3.05) is 7.11 Å². The molecule has 0 spiro atoms. The van der Waals surface area contributed by atoms with E-state index >= 15 is 0 Å². The first-order valence-corrected chi connectivity index (χ1v) is 5.20. The summed E-state index contributed by atoms with van der Waals surface area (Å²) in [6.45, 7) is -0.109. The van der Waals surface area contributed by atoms with E-state index < -0.39 is 23.4 Å². The van der Waals surface area contributed by atoms with Gasteiger partial charge in [0.2, 0.25) is 11.7 Å². The highest BCUT2D eigenvalue weighted by atomic mass is 19.1. The van der Waals surface area contributed by atoms with Gasteiger partial charge in [-0.2, -0.15) is 0 Å². The molecule has 100 valence electrons. The first kappa shape index (κ1) is 13.2. The van der Waals surface area contributed by atoms with Crippen molar-refractivity contribution in [3.63, 3.8) is 0 Å². The van der Waals surface area contributed by atoms with Gasteiger partial charge in [0.15, 0.2) is 0 Å². The molecule has 0 radical (unpaired) electrons. The van der Waals surface area contributed by atoms with Gasteiger partial charge in [-0.3, -0.25) is 0 Å². The van der Waals surface area contributed by atoms with Crippen molar-refractivity contribution in [2.45, 2.75) is 6.61 Å². The number of oxazole rings is 1. The summed E-state index contributed by atoms with van der Waals surface area (Å²) >= 11 is 0. The molecule has 0 unspecified atom stereocenters. The van der Waals surface area contributed by atoms with Crippen LogP contribution in [0, 0.1) is 11.6 Å². The summed E-state index contributed by atoms with van der Waals surface area (Å²) in [7, 11) is 1.35. The molecule has 2 rings (SSSR count). The lowest BCUT2D eigenvalue weighted by Crippen LogP contribution is -2.00. The number of rotatable bonds is 4. The molecule has 0 saturated carbocycles. The number of aromatic carboxylic acids is 1. The fourth-order valence-corrected chi connectivity index (χ4v) is 1.53. The predicted octanol–water partition coefficient (Wildman–Crippen LogP) is 2.46. The van der Waals surface area contributed by atoms with Crippen molar-refractivity contribution in [3.05, 3.63) is 41.3 Å². The molecule has 0 amide bonds. The molecule has 1 N–H and O–H groups in total. The number of hydrogen-bond donors (Lipinski definition) is 1. The van der Waals surface area contributed by atoms with Gasteiger partial charge in [-0.15, -0.1) is 0 Å². The summed E-state index contributed by atoms with van der Waals surface area (Å²) in [4.78, 5) is 14.8. The van der Waals surface area contributed by atoms with Crippen molar-refractivity contribution in [3.8, 4) is 11.5 Å². The van der Waals surface area contributed by atoms with Crippen LogP contribution in [0.3, 0.4) is 0 Å². The van der Waals surface area contributed by atoms with E-state index in [-0.39, 0.29) is 23.8 Å². The van der Waals surface area contributed by atoms with E-state index in [2.05, 4.69) is 4.98 Å². The Labute approximate surface area is 106 Å². The molecule has 7 heteroatoms. The average molecular weight is 269 g/mol. The summed E-state index contributed by atoms with van der Waals surface area (Å²) in [5, 5.41) is 8.92.